The number of nitrogens with zero attached hydrogens (tertiary/aromatic N) is 4. The number of halogens is 1. The van der Waals surface area contributed by atoms with Crippen LogP contribution in [0.5, 0.6) is 5.75 Å². The normalized spacial score (nSPS) is 13.7. The average molecular weight is 486 g/mol. The van der Waals surface area contributed by atoms with Crippen LogP contribution in [0.2, 0.25) is 5.02 Å². The van der Waals surface area contributed by atoms with Crippen molar-refractivity contribution in [2.24, 2.45) is 0 Å². The summed E-state index contributed by atoms with van der Waals surface area (Å²) in [6.07, 6.45) is 1.72. The van der Waals surface area contributed by atoms with Crippen molar-refractivity contribution in [3.63, 3.8) is 0 Å². The second-order valence-corrected chi connectivity index (χ2v) is 8.67. The number of hydrogen-bond donors (Lipinski definition) is 2. The molecular weight excluding hydrogens is 462 g/mol. The molecule has 3 aromatic rings. The number of hydrogen-bond acceptors (Lipinski definition) is 7. The molecule has 8 nitrogen and oxygen atoms in total. The van der Waals surface area contributed by atoms with E-state index in [0.29, 0.717) is 47.0 Å². The van der Waals surface area contributed by atoms with Crippen LogP contribution in [0.15, 0.2) is 60.3 Å². The Balaban J connectivity index is 1.41. The number of amides is 1. The van der Waals surface area contributed by atoms with Crippen LogP contribution in [0.3, 0.4) is 0 Å². The predicted molar refractivity (Wildman–Crippen MR) is 131 cm³/mol. The van der Waals surface area contributed by atoms with Crippen LogP contribution in [0.25, 0.3) is 11.4 Å². The van der Waals surface area contributed by atoms with Crippen molar-refractivity contribution in [2.45, 2.75) is 11.7 Å². The first-order valence-corrected chi connectivity index (χ1v) is 11.8. The fourth-order valence-electron chi connectivity index (χ4n) is 3.52. The summed E-state index contributed by atoms with van der Waals surface area (Å²) in [6, 6.07) is 12.4. The molecule has 4 rings (SSSR count). The fourth-order valence-corrected chi connectivity index (χ4v) is 4.57. The first-order valence-electron chi connectivity index (χ1n) is 10.4. The second kappa shape index (κ2) is 10.7. The number of para-hydroxylation sites is 1. The van der Waals surface area contributed by atoms with Gasteiger partial charge < -0.3 is 20.1 Å². The molecule has 1 aromatic heterocycles. The van der Waals surface area contributed by atoms with Gasteiger partial charge in [0.2, 0.25) is 5.91 Å². The van der Waals surface area contributed by atoms with Gasteiger partial charge in [-0.15, -0.1) is 16.8 Å². The molecule has 0 spiro atoms. The molecule has 33 heavy (non-hydrogen) atoms. The Morgan fingerprint density at radius 2 is 2.03 bits per heavy atom. The SMILES string of the molecule is C=CCn1c(SCC(=O)Nc2ccc(N3CCOCC3)c(Cl)c2)nnc1-c1ccccc1O. The zero-order chi connectivity index (χ0) is 23.2. The highest BCUT2D eigenvalue weighted by atomic mass is 35.5. The number of phenolic OH excluding ortho intramolecular Hbond substituents is 1. The summed E-state index contributed by atoms with van der Waals surface area (Å²) in [7, 11) is 0. The van der Waals surface area contributed by atoms with Gasteiger partial charge in [-0.3, -0.25) is 9.36 Å². The first-order chi connectivity index (χ1) is 16.1. The summed E-state index contributed by atoms with van der Waals surface area (Å²) in [5.74, 6) is 0.578. The number of morpholine rings is 1. The van der Waals surface area contributed by atoms with Gasteiger partial charge in [0.25, 0.3) is 0 Å². The number of carbonyl (C=O) groups excluding carboxylic acids is 1. The topological polar surface area (TPSA) is 92.5 Å². The van der Waals surface area contributed by atoms with Crippen molar-refractivity contribution in [1.29, 1.82) is 0 Å². The Bertz CT molecular complexity index is 1150. The maximum Gasteiger partial charge on any atom is 0.234 e. The van der Waals surface area contributed by atoms with E-state index < -0.39 is 0 Å². The zero-order valence-corrected chi connectivity index (χ0v) is 19.5. The Labute approximate surface area is 201 Å². The van der Waals surface area contributed by atoms with Gasteiger partial charge in [-0.2, -0.15) is 0 Å². The lowest BCUT2D eigenvalue weighted by Crippen LogP contribution is -2.36. The molecule has 1 aliphatic heterocycles. The molecule has 0 unspecified atom stereocenters. The number of aromatic nitrogens is 3. The third-order valence-electron chi connectivity index (χ3n) is 5.09. The molecule has 0 radical (unpaired) electrons. The molecule has 172 valence electrons. The second-order valence-electron chi connectivity index (χ2n) is 7.33. The Hall–Kier alpha value is -3.01. The lowest BCUT2D eigenvalue weighted by molar-refractivity contribution is -0.113. The number of anilines is 2. The van der Waals surface area contributed by atoms with Crippen LogP contribution in [0, 0.1) is 0 Å². The maximum atomic E-state index is 12.6. The van der Waals surface area contributed by atoms with Gasteiger partial charge in [-0.05, 0) is 30.3 Å². The molecule has 1 saturated heterocycles. The number of ether oxygens (including phenoxy) is 1. The van der Waals surface area contributed by atoms with E-state index in [2.05, 4.69) is 27.0 Å². The van der Waals surface area contributed by atoms with Gasteiger partial charge in [-0.25, -0.2) is 0 Å². The number of benzene rings is 2. The number of allylic oxidation sites excluding steroid dienone is 1. The van der Waals surface area contributed by atoms with Crippen LogP contribution >= 0.6 is 23.4 Å². The van der Waals surface area contributed by atoms with Crippen LogP contribution in [0.4, 0.5) is 11.4 Å². The van der Waals surface area contributed by atoms with Crippen molar-refractivity contribution < 1.29 is 14.6 Å². The number of phenols is 1. The van der Waals surface area contributed by atoms with E-state index >= 15 is 0 Å². The molecule has 2 N–H and O–H groups in total. The molecule has 0 saturated carbocycles. The first kappa shape index (κ1) is 23.2. The third kappa shape index (κ3) is 5.50. The van der Waals surface area contributed by atoms with Crippen molar-refractivity contribution in [2.75, 3.05) is 42.3 Å². The smallest absolute Gasteiger partial charge is 0.234 e. The number of nitrogens with one attached hydrogen (secondary N) is 1. The van der Waals surface area contributed by atoms with Crippen molar-refractivity contribution in [1.82, 2.24) is 14.8 Å². The fraction of sp³-hybridized carbons (Fsp3) is 0.261. The van der Waals surface area contributed by atoms with E-state index in [0.717, 1.165) is 18.8 Å². The van der Waals surface area contributed by atoms with Gasteiger partial charge >= 0.3 is 0 Å². The largest absolute Gasteiger partial charge is 0.507 e. The molecule has 0 bridgehead atoms. The highest BCUT2D eigenvalue weighted by Gasteiger charge is 2.18. The van der Waals surface area contributed by atoms with E-state index in [1.807, 2.05) is 22.8 Å². The van der Waals surface area contributed by atoms with Gasteiger partial charge in [0.1, 0.15) is 5.75 Å². The van der Waals surface area contributed by atoms with Crippen LogP contribution in [-0.2, 0) is 16.1 Å². The lowest BCUT2D eigenvalue weighted by Gasteiger charge is -2.29. The van der Waals surface area contributed by atoms with Crippen LogP contribution < -0.4 is 10.2 Å². The predicted octanol–water partition coefficient (Wildman–Crippen LogP) is 4.06. The number of thioether (sulfide) groups is 1. The average Bonchev–Trinajstić information content (AvgIpc) is 3.21. The summed E-state index contributed by atoms with van der Waals surface area (Å²) < 4.78 is 7.20. The summed E-state index contributed by atoms with van der Waals surface area (Å²) in [6.45, 7) is 7.15. The van der Waals surface area contributed by atoms with Gasteiger partial charge in [-0.1, -0.05) is 41.6 Å². The highest BCUT2D eigenvalue weighted by Crippen LogP contribution is 2.31. The Morgan fingerprint density at radius 3 is 2.76 bits per heavy atom. The lowest BCUT2D eigenvalue weighted by atomic mass is 10.2. The molecule has 1 amide bonds. The quantitative estimate of drug-likeness (QED) is 0.367. The molecule has 2 aromatic carbocycles. The monoisotopic (exact) mass is 485 g/mol. The van der Waals surface area contributed by atoms with Gasteiger partial charge in [0, 0.05) is 25.3 Å². The van der Waals surface area contributed by atoms with Crippen molar-refractivity contribution in [3.8, 4) is 17.1 Å². The molecule has 10 heteroatoms. The van der Waals surface area contributed by atoms with Crippen molar-refractivity contribution >= 4 is 40.6 Å². The molecule has 1 fully saturated rings. The summed E-state index contributed by atoms with van der Waals surface area (Å²) in [5, 5.41) is 22.6. The minimum absolute atomic E-state index is 0.113. The number of rotatable bonds is 8. The molecular formula is C23H24ClN5O3S. The van der Waals surface area contributed by atoms with E-state index in [1.165, 1.54) is 11.8 Å². The number of carbonyl (C=O) groups is 1. The van der Waals surface area contributed by atoms with Crippen molar-refractivity contribution in [3.05, 3.63) is 60.1 Å². The minimum atomic E-state index is -0.188. The summed E-state index contributed by atoms with van der Waals surface area (Å²) in [4.78, 5) is 14.7. The van der Waals surface area contributed by atoms with E-state index in [-0.39, 0.29) is 17.4 Å². The molecule has 0 aliphatic carbocycles. The Kier molecular flexibility index (Phi) is 7.54. The molecule has 1 aliphatic rings. The van der Waals surface area contributed by atoms with Gasteiger partial charge in [0.05, 0.1) is 35.2 Å². The van der Waals surface area contributed by atoms with Crippen LogP contribution in [-0.4, -0.2) is 57.8 Å². The third-order valence-corrected chi connectivity index (χ3v) is 6.36. The minimum Gasteiger partial charge on any atom is -0.507 e. The highest BCUT2D eigenvalue weighted by molar-refractivity contribution is 7.99. The standard InChI is InChI=1S/C23H24ClN5O3S/c1-2-9-29-22(17-5-3-4-6-20(17)30)26-27-23(29)33-15-21(31)25-16-7-8-19(18(24)14-16)28-10-12-32-13-11-28/h2-8,14,30H,1,9-13,15H2,(H,25,31). The van der Waals surface area contributed by atoms with E-state index in [4.69, 9.17) is 16.3 Å². The molecule has 2 heterocycles. The number of aromatic hydroxyl groups is 1. The Morgan fingerprint density at radius 1 is 1.24 bits per heavy atom. The summed E-state index contributed by atoms with van der Waals surface area (Å²) in [5.41, 5.74) is 2.13. The van der Waals surface area contributed by atoms with Gasteiger partial charge in [0.15, 0.2) is 11.0 Å². The summed E-state index contributed by atoms with van der Waals surface area (Å²) >= 11 is 7.72. The maximum absolute atomic E-state index is 12.6. The molecule has 0 atom stereocenters. The van der Waals surface area contributed by atoms with E-state index in [9.17, 15) is 9.90 Å². The zero-order valence-electron chi connectivity index (χ0n) is 17.9. The van der Waals surface area contributed by atoms with Crippen LogP contribution in [0.1, 0.15) is 0 Å². The van der Waals surface area contributed by atoms with E-state index in [1.54, 1.807) is 30.3 Å².